The number of amides is 3. The van der Waals surface area contributed by atoms with Gasteiger partial charge in [0.25, 0.3) is 0 Å². The summed E-state index contributed by atoms with van der Waals surface area (Å²) >= 11 is 0. The summed E-state index contributed by atoms with van der Waals surface area (Å²) < 4.78 is 0. The molecule has 0 bridgehead atoms. The van der Waals surface area contributed by atoms with Crippen LogP contribution in [0.2, 0.25) is 0 Å². The summed E-state index contributed by atoms with van der Waals surface area (Å²) in [5, 5.41) is 16.9. The molecular formula is C20H38N4O5. The van der Waals surface area contributed by atoms with Crippen LogP contribution in [0, 0.1) is 17.8 Å². The third-order valence-corrected chi connectivity index (χ3v) is 4.38. The molecule has 0 aliphatic carbocycles. The number of nitrogens with one attached hydrogen (secondary N) is 3. The summed E-state index contributed by atoms with van der Waals surface area (Å²) in [7, 11) is 0. The van der Waals surface area contributed by atoms with E-state index in [2.05, 4.69) is 16.0 Å². The molecule has 9 heteroatoms. The molecule has 0 rings (SSSR count). The van der Waals surface area contributed by atoms with Crippen LogP contribution in [0.25, 0.3) is 0 Å². The van der Waals surface area contributed by atoms with Gasteiger partial charge < -0.3 is 26.8 Å². The van der Waals surface area contributed by atoms with Crippen molar-refractivity contribution < 1.29 is 24.3 Å². The molecule has 0 aliphatic rings. The molecule has 4 atom stereocenters. The molecule has 0 aromatic heterocycles. The lowest BCUT2D eigenvalue weighted by atomic mass is 10.00. The molecule has 3 amide bonds. The maximum atomic E-state index is 12.6. The average Bonchev–Trinajstić information content (AvgIpc) is 2.56. The fourth-order valence-corrected chi connectivity index (χ4v) is 2.77. The smallest absolute Gasteiger partial charge is 0.326 e. The van der Waals surface area contributed by atoms with Crippen LogP contribution in [0.15, 0.2) is 0 Å². The van der Waals surface area contributed by atoms with Crippen molar-refractivity contribution >= 4 is 23.7 Å². The van der Waals surface area contributed by atoms with Gasteiger partial charge >= 0.3 is 5.97 Å². The van der Waals surface area contributed by atoms with Crippen LogP contribution in [0.1, 0.15) is 61.3 Å². The van der Waals surface area contributed by atoms with Crippen molar-refractivity contribution in [3.63, 3.8) is 0 Å². The summed E-state index contributed by atoms with van der Waals surface area (Å²) in [6.45, 7) is 12.6. The Balaban J connectivity index is 4.97. The molecule has 0 unspecified atom stereocenters. The average molecular weight is 415 g/mol. The second-order valence-electron chi connectivity index (χ2n) is 8.73. The minimum atomic E-state index is -1.13. The summed E-state index contributed by atoms with van der Waals surface area (Å²) in [4.78, 5) is 48.5. The first kappa shape index (κ1) is 26.8. The molecular weight excluding hydrogens is 376 g/mol. The highest BCUT2D eigenvalue weighted by molar-refractivity contribution is 5.94. The highest BCUT2D eigenvalue weighted by Gasteiger charge is 2.30. The summed E-state index contributed by atoms with van der Waals surface area (Å²) in [6.07, 6.45) is 0.768. The molecule has 6 N–H and O–H groups in total. The monoisotopic (exact) mass is 414 g/mol. The fraction of sp³-hybridized carbons (Fsp3) is 0.800. The topological polar surface area (TPSA) is 151 Å². The van der Waals surface area contributed by atoms with E-state index < -0.39 is 47.9 Å². The van der Waals surface area contributed by atoms with Gasteiger partial charge in [0.15, 0.2) is 0 Å². The van der Waals surface area contributed by atoms with Crippen molar-refractivity contribution in [3.05, 3.63) is 0 Å². The SMILES string of the molecule is CC(C)C[C@H](NC(=O)[C@H](C)NC(=O)[C@@H](NC(=O)[C@@H](N)CC(C)C)C(C)C)C(=O)O. The fourth-order valence-electron chi connectivity index (χ4n) is 2.77. The van der Waals surface area contributed by atoms with E-state index in [1.807, 2.05) is 27.7 Å². The van der Waals surface area contributed by atoms with E-state index >= 15 is 0 Å². The number of rotatable bonds is 12. The Hall–Kier alpha value is -2.16. The molecule has 0 heterocycles. The lowest BCUT2D eigenvalue weighted by molar-refractivity contribution is -0.142. The van der Waals surface area contributed by atoms with Crippen LogP contribution in [-0.2, 0) is 19.2 Å². The van der Waals surface area contributed by atoms with Crippen molar-refractivity contribution in [1.29, 1.82) is 0 Å². The van der Waals surface area contributed by atoms with E-state index in [0.29, 0.717) is 6.42 Å². The van der Waals surface area contributed by atoms with Gasteiger partial charge in [0, 0.05) is 0 Å². The molecule has 9 nitrogen and oxygen atoms in total. The second-order valence-corrected chi connectivity index (χ2v) is 8.73. The molecule has 0 aliphatic heterocycles. The van der Waals surface area contributed by atoms with E-state index in [1.54, 1.807) is 13.8 Å². The Labute approximate surface area is 173 Å². The van der Waals surface area contributed by atoms with Crippen LogP contribution in [0.4, 0.5) is 0 Å². The van der Waals surface area contributed by atoms with Gasteiger partial charge in [0.1, 0.15) is 18.1 Å². The summed E-state index contributed by atoms with van der Waals surface area (Å²) in [6, 6.07) is -3.57. The zero-order valence-electron chi connectivity index (χ0n) is 18.6. The number of nitrogens with two attached hydrogens (primary N) is 1. The zero-order chi connectivity index (χ0) is 22.9. The molecule has 0 spiro atoms. The first-order valence-corrected chi connectivity index (χ1v) is 10.2. The van der Waals surface area contributed by atoms with Gasteiger partial charge in [-0.3, -0.25) is 14.4 Å². The van der Waals surface area contributed by atoms with Gasteiger partial charge in [-0.05, 0) is 37.5 Å². The standard InChI is InChI=1S/C20H38N4O5/c1-10(2)8-14(21)18(26)24-16(12(5)6)19(27)22-13(7)17(25)23-15(20(28)29)9-11(3)4/h10-16H,8-9,21H2,1-7H3,(H,22,27)(H,23,25)(H,24,26)(H,28,29)/t13-,14-,15-,16-/m0/s1. The molecule has 0 fully saturated rings. The Kier molecular flexibility index (Phi) is 11.5. The van der Waals surface area contributed by atoms with Crippen LogP contribution in [-0.4, -0.2) is 53.0 Å². The van der Waals surface area contributed by atoms with Crippen molar-refractivity contribution in [2.24, 2.45) is 23.5 Å². The molecule has 168 valence electrons. The number of carbonyl (C=O) groups excluding carboxylic acids is 3. The van der Waals surface area contributed by atoms with Gasteiger partial charge in [-0.2, -0.15) is 0 Å². The van der Waals surface area contributed by atoms with E-state index in [4.69, 9.17) is 5.73 Å². The van der Waals surface area contributed by atoms with E-state index in [0.717, 1.165) is 0 Å². The molecule has 0 saturated heterocycles. The third-order valence-electron chi connectivity index (χ3n) is 4.38. The first-order valence-electron chi connectivity index (χ1n) is 10.2. The van der Waals surface area contributed by atoms with E-state index in [-0.39, 0.29) is 24.2 Å². The maximum Gasteiger partial charge on any atom is 0.326 e. The molecule has 0 aromatic carbocycles. The number of carbonyl (C=O) groups is 4. The van der Waals surface area contributed by atoms with Crippen molar-refractivity contribution in [1.82, 2.24) is 16.0 Å². The first-order chi connectivity index (χ1) is 13.3. The van der Waals surface area contributed by atoms with Gasteiger partial charge in [-0.15, -0.1) is 0 Å². The van der Waals surface area contributed by atoms with Crippen LogP contribution in [0.5, 0.6) is 0 Å². The lowest BCUT2D eigenvalue weighted by Crippen LogP contribution is -2.57. The summed E-state index contributed by atoms with van der Waals surface area (Å²) in [5.41, 5.74) is 5.88. The Bertz CT molecular complexity index is 577. The van der Waals surface area contributed by atoms with Crippen LogP contribution >= 0.6 is 0 Å². The highest BCUT2D eigenvalue weighted by Crippen LogP contribution is 2.08. The van der Waals surface area contributed by atoms with Gasteiger partial charge in [0.2, 0.25) is 17.7 Å². The van der Waals surface area contributed by atoms with Crippen molar-refractivity contribution in [3.8, 4) is 0 Å². The molecule has 0 saturated carbocycles. The number of carboxylic acid groups (broad SMARTS) is 1. The summed E-state index contributed by atoms with van der Waals surface area (Å²) in [5.74, 6) is -2.59. The lowest BCUT2D eigenvalue weighted by Gasteiger charge is -2.26. The van der Waals surface area contributed by atoms with Crippen LogP contribution < -0.4 is 21.7 Å². The van der Waals surface area contributed by atoms with Crippen molar-refractivity contribution in [2.75, 3.05) is 0 Å². The Morgan fingerprint density at radius 1 is 0.759 bits per heavy atom. The number of hydrogen-bond acceptors (Lipinski definition) is 5. The zero-order valence-corrected chi connectivity index (χ0v) is 18.6. The minimum Gasteiger partial charge on any atom is -0.480 e. The molecule has 0 radical (unpaired) electrons. The highest BCUT2D eigenvalue weighted by atomic mass is 16.4. The molecule has 0 aromatic rings. The van der Waals surface area contributed by atoms with E-state index in [9.17, 15) is 24.3 Å². The molecule has 29 heavy (non-hydrogen) atoms. The maximum absolute atomic E-state index is 12.6. The number of hydrogen-bond donors (Lipinski definition) is 5. The van der Waals surface area contributed by atoms with Gasteiger partial charge in [0.05, 0.1) is 6.04 Å². The predicted octanol–water partition coefficient (Wildman–Crippen LogP) is 0.621. The predicted molar refractivity (Wildman–Crippen MR) is 111 cm³/mol. The quantitative estimate of drug-likeness (QED) is 0.316. The van der Waals surface area contributed by atoms with Crippen molar-refractivity contribution in [2.45, 2.75) is 85.5 Å². The Morgan fingerprint density at radius 3 is 1.69 bits per heavy atom. The second kappa shape index (κ2) is 12.4. The third kappa shape index (κ3) is 10.3. The largest absolute Gasteiger partial charge is 0.480 e. The van der Waals surface area contributed by atoms with Gasteiger partial charge in [-0.25, -0.2) is 4.79 Å². The minimum absolute atomic E-state index is 0.0804. The number of carboxylic acids is 1. The van der Waals surface area contributed by atoms with E-state index in [1.165, 1.54) is 6.92 Å². The Morgan fingerprint density at radius 2 is 1.28 bits per heavy atom. The van der Waals surface area contributed by atoms with Crippen LogP contribution in [0.3, 0.4) is 0 Å². The number of aliphatic carboxylic acids is 1. The van der Waals surface area contributed by atoms with Gasteiger partial charge in [-0.1, -0.05) is 41.5 Å². The normalized spacial score (nSPS) is 15.6.